The van der Waals surface area contributed by atoms with Crippen LogP contribution < -0.4 is 5.73 Å². The van der Waals surface area contributed by atoms with Crippen LogP contribution in [0.4, 0.5) is 0 Å². The first-order chi connectivity index (χ1) is 7.81. The highest BCUT2D eigenvalue weighted by molar-refractivity contribution is 5.79. The predicted octanol–water partition coefficient (Wildman–Crippen LogP) is 3.07. The van der Waals surface area contributed by atoms with Gasteiger partial charge in [-0.1, -0.05) is 48.0 Å². The summed E-state index contributed by atoms with van der Waals surface area (Å²) < 4.78 is 0. The summed E-state index contributed by atoms with van der Waals surface area (Å²) in [7, 11) is 0. The summed E-state index contributed by atoms with van der Waals surface area (Å²) in [6, 6.07) is 15.3. The van der Waals surface area contributed by atoms with Gasteiger partial charge < -0.3 is 5.73 Å². The van der Waals surface area contributed by atoms with Crippen LogP contribution in [-0.4, -0.2) is 6.54 Å². The van der Waals surface area contributed by atoms with Crippen molar-refractivity contribution in [1.82, 2.24) is 0 Å². The van der Waals surface area contributed by atoms with Gasteiger partial charge in [-0.15, -0.1) is 0 Å². The van der Waals surface area contributed by atoms with E-state index in [4.69, 9.17) is 5.73 Å². The van der Waals surface area contributed by atoms with Crippen molar-refractivity contribution in [1.29, 1.82) is 0 Å². The molecule has 2 N–H and O–H groups in total. The fourth-order valence-electron chi connectivity index (χ4n) is 2.68. The third kappa shape index (κ3) is 1.22. The zero-order valence-corrected chi connectivity index (χ0v) is 9.40. The number of aryl methyl sites for hydroxylation is 1. The van der Waals surface area contributed by atoms with E-state index in [1.54, 1.807) is 0 Å². The molecule has 0 aliphatic heterocycles. The maximum atomic E-state index is 5.91. The second-order valence-corrected chi connectivity index (χ2v) is 4.47. The molecule has 1 atom stereocenters. The van der Waals surface area contributed by atoms with Crippen LogP contribution in [0.3, 0.4) is 0 Å². The van der Waals surface area contributed by atoms with Crippen LogP contribution in [0.15, 0.2) is 42.5 Å². The van der Waals surface area contributed by atoms with Crippen molar-refractivity contribution in [3.8, 4) is 11.1 Å². The molecule has 0 saturated carbocycles. The SMILES string of the molecule is Cc1ccc2c(c1)C(CN)c1ccccc1-2. The van der Waals surface area contributed by atoms with Gasteiger partial charge in [0.15, 0.2) is 0 Å². The summed E-state index contributed by atoms with van der Waals surface area (Å²) in [4.78, 5) is 0. The normalized spacial score (nSPS) is 17.0. The molecule has 1 aliphatic rings. The van der Waals surface area contributed by atoms with Crippen molar-refractivity contribution < 1.29 is 0 Å². The molecule has 1 nitrogen and oxygen atoms in total. The molecule has 16 heavy (non-hydrogen) atoms. The Morgan fingerprint density at radius 2 is 1.75 bits per heavy atom. The van der Waals surface area contributed by atoms with E-state index in [9.17, 15) is 0 Å². The fourth-order valence-corrected chi connectivity index (χ4v) is 2.68. The summed E-state index contributed by atoms with van der Waals surface area (Å²) in [6.07, 6.45) is 0. The van der Waals surface area contributed by atoms with Gasteiger partial charge in [0.25, 0.3) is 0 Å². The Labute approximate surface area is 95.9 Å². The quantitative estimate of drug-likeness (QED) is 0.767. The first kappa shape index (κ1) is 9.61. The second kappa shape index (κ2) is 3.46. The standard InChI is InChI=1S/C15H15N/c1-10-6-7-13-11-4-2-3-5-12(11)15(9-16)14(13)8-10/h2-8,15H,9,16H2,1H3. The van der Waals surface area contributed by atoms with E-state index in [2.05, 4.69) is 49.4 Å². The summed E-state index contributed by atoms with van der Waals surface area (Å²) >= 11 is 0. The van der Waals surface area contributed by atoms with Gasteiger partial charge in [0.05, 0.1) is 0 Å². The Hall–Kier alpha value is -1.60. The zero-order valence-electron chi connectivity index (χ0n) is 9.40. The Kier molecular flexibility index (Phi) is 2.08. The van der Waals surface area contributed by atoms with Crippen LogP contribution in [0, 0.1) is 6.92 Å². The van der Waals surface area contributed by atoms with Crippen molar-refractivity contribution in [2.24, 2.45) is 5.73 Å². The van der Waals surface area contributed by atoms with Gasteiger partial charge in [0, 0.05) is 12.5 Å². The molecule has 0 spiro atoms. The van der Waals surface area contributed by atoms with E-state index >= 15 is 0 Å². The van der Waals surface area contributed by atoms with Crippen molar-refractivity contribution >= 4 is 0 Å². The van der Waals surface area contributed by atoms with Gasteiger partial charge >= 0.3 is 0 Å². The van der Waals surface area contributed by atoms with Crippen LogP contribution in [0.25, 0.3) is 11.1 Å². The number of fused-ring (bicyclic) bond motifs is 3. The summed E-state index contributed by atoms with van der Waals surface area (Å²) in [5, 5.41) is 0. The Morgan fingerprint density at radius 1 is 1.00 bits per heavy atom. The Balaban J connectivity index is 2.29. The van der Waals surface area contributed by atoms with Crippen molar-refractivity contribution in [3.05, 3.63) is 59.2 Å². The first-order valence-corrected chi connectivity index (χ1v) is 5.71. The molecule has 0 heterocycles. The third-order valence-electron chi connectivity index (χ3n) is 3.44. The summed E-state index contributed by atoms with van der Waals surface area (Å²) in [5.74, 6) is 0.381. The van der Waals surface area contributed by atoms with Crippen LogP contribution in [0.1, 0.15) is 22.6 Å². The minimum Gasteiger partial charge on any atom is -0.330 e. The number of nitrogens with two attached hydrogens (primary N) is 1. The topological polar surface area (TPSA) is 26.0 Å². The minimum atomic E-state index is 0.381. The van der Waals surface area contributed by atoms with Crippen LogP contribution in [0.5, 0.6) is 0 Å². The van der Waals surface area contributed by atoms with Gasteiger partial charge in [-0.05, 0) is 29.2 Å². The molecule has 80 valence electrons. The van der Waals surface area contributed by atoms with Crippen LogP contribution in [0.2, 0.25) is 0 Å². The van der Waals surface area contributed by atoms with Gasteiger partial charge in [0.2, 0.25) is 0 Å². The molecule has 0 saturated heterocycles. The molecule has 0 fully saturated rings. The highest BCUT2D eigenvalue weighted by atomic mass is 14.6. The maximum absolute atomic E-state index is 5.91. The Bertz CT molecular complexity index is 543. The maximum Gasteiger partial charge on any atom is 0.0224 e. The second-order valence-electron chi connectivity index (χ2n) is 4.47. The van der Waals surface area contributed by atoms with Crippen LogP contribution in [-0.2, 0) is 0 Å². The average Bonchev–Trinajstić information content (AvgIpc) is 2.61. The molecular weight excluding hydrogens is 194 g/mol. The predicted molar refractivity (Wildman–Crippen MR) is 67.5 cm³/mol. The zero-order chi connectivity index (χ0) is 11.1. The lowest BCUT2D eigenvalue weighted by Gasteiger charge is -2.10. The molecule has 0 amide bonds. The molecule has 2 aromatic carbocycles. The molecule has 1 heteroatoms. The molecule has 0 aromatic heterocycles. The van der Waals surface area contributed by atoms with E-state index < -0.39 is 0 Å². The Morgan fingerprint density at radius 3 is 2.56 bits per heavy atom. The largest absolute Gasteiger partial charge is 0.330 e. The summed E-state index contributed by atoms with van der Waals surface area (Å²) in [5.41, 5.74) is 12.7. The van der Waals surface area contributed by atoms with Gasteiger partial charge in [-0.2, -0.15) is 0 Å². The number of hydrogen-bond donors (Lipinski definition) is 1. The van der Waals surface area contributed by atoms with Crippen molar-refractivity contribution in [3.63, 3.8) is 0 Å². The number of hydrogen-bond acceptors (Lipinski definition) is 1. The molecule has 0 radical (unpaired) electrons. The lowest BCUT2D eigenvalue weighted by Crippen LogP contribution is -2.11. The van der Waals surface area contributed by atoms with Crippen molar-refractivity contribution in [2.45, 2.75) is 12.8 Å². The van der Waals surface area contributed by atoms with E-state index in [1.807, 2.05) is 0 Å². The molecule has 1 aliphatic carbocycles. The summed E-state index contributed by atoms with van der Waals surface area (Å²) in [6.45, 7) is 2.82. The average molecular weight is 209 g/mol. The smallest absolute Gasteiger partial charge is 0.0224 e. The van der Waals surface area contributed by atoms with E-state index in [0.29, 0.717) is 12.5 Å². The highest BCUT2D eigenvalue weighted by Gasteiger charge is 2.26. The van der Waals surface area contributed by atoms with Crippen molar-refractivity contribution in [2.75, 3.05) is 6.54 Å². The molecule has 1 unspecified atom stereocenters. The first-order valence-electron chi connectivity index (χ1n) is 5.71. The fraction of sp³-hybridized carbons (Fsp3) is 0.200. The van der Waals surface area contributed by atoms with Gasteiger partial charge in [0.1, 0.15) is 0 Å². The molecule has 2 aromatic rings. The molecule has 3 rings (SSSR count). The monoisotopic (exact) mass is 209 g/mol. The number of benzene rings is 2. The molecule has 0 bridgehead atoms. The van der Waals surface area contributed by atoms with Gasteiger partial charge in [-0.3, -0.25) is 0 Å². The number of rotatable bonds is 1. The highest BCUT2D eigenvalue weighted by Crippen LogP contribution is 2.44. The van der Waals surface area contributed by atoms with E-state index in [-0.39, 0.29) is 0 Å². The minimum absolute atomic E-state index is 0.381. The lowest BCUT2D eigenvalue weighted by atomic mass is 9.96. The molecular formula is C15H15N. The van der Waals surface area contributed by atoms with E-state index in [0.717, 1.165) is 0 Å². The van der Waals surface area contributed by atoms with Gasteiger partial charge in [-0.25, -0.2) is 0 Å². The lowest BCUT2D eigenvalue weighted by molar-refractivity contribution is 0.840. The van der Waals surface area contributed by atoms with E-state index in [1.165, 1.54) is 27.8 Å². The van der Waals surface area contributed by atoms with Crippen LogP contribution >= 0.6 is 0 Å². The third-order valence-corrected chi connectivity index (χ3v) is 3.44.